The van der Waals surface area contributed by atoms with E-state index in [4.69, 9.17) is 11.0 Å². The Bertz CT molecular complexity index is 784. The molecule has 1 saturated carbocycles. The molecule has 125 valence electrons. The van der Waals surface area contributed by atoms with Crippen LogP contribution < -0.4 is 5.73 Å². The van der Waals surface area contributed by atoms with Gasteiger partial charge in [0.1, 0.15) is 0 Å². The molecule has 1 aliphatic rings. The number of hydrogen-bond acceptors (Lipinski definition) is 4. The standard InChI is InChI=1S/C17H17F2N4O/c18-17(19)5-3-13(4-6-17)23-16(24)15(10-22-23)14-2-1-11(8-20)7-12(14)9-21/h1-2,7,10,24H,3-6,9,21H2. The molecule has 5 nitrogen and oxygen atoms in total. The molecule has 1 heterocycles. The van der Waals surface area contributed by atoms with Gasteiger partial charge in [-0.2, -0.15) is 10.4 Å². The molecule has 24 heavy (non-hydrogen) atoms. The molecule has 0 saturated heterocycles. The normalized spacial score (nSPS) is 17.6. The average Bonchev–Trinajstić information content (AvgIpc) is 2.95. The summed E-state index contributed by atoms with van der Waals surface area (Å²) in [5.41, 5.74) is 8.09. The summed E-state index contributed by atoms with van der Waals surface area (Å²) in [6.07, 6.45) is 1.41. The summed E-state index contributed by atoms with van der Waals surface area (Å²) in [5.74, 6) is -2.73. The molecule has 0 atom stereocenters. The summed E-state index contributed by atoms with van der Waals surface area (Å²) in [4.78, 5) is 0. The molecule has 0 aliphatic heterocycles. The Morgan fingerprint density at radius 3 is 2.62 bits per heavy atom. The Kier molecular flexibility index (Phi) is 4.24. The largest absolute Gasteiger partial charge is 0.493 e. The lowest BCUT2D eigenvalue weighted by Gasteiger charge is -2.27. The van der Waals surface area contributed by atoms with Gasteiger partial charge >= 0.3 is 0 Å². The van der Waals surface area contributed by atoms with E-state index in [9.17, 15) is 13.9 Å². The SMILES string of the molecule is N#Cc1ccc(-c2cnn([C]3CCC(F)(F)CC3)c2O)c(CN)c1. The zero-order valence-electron chi connectivity index (χ0n) is 13.0. The molecule has 3 N–H and O–H groups in total. The van der Waals surface area contributed by atoms with E-state index in [0.717, 1.165) is 0 Å². The second kappa shape index (κ2) is 6.21. The number of aromatic hydroxyl groups is 1. The quantitative estimate of drug-likeness (QED) is 0.904. The molecule has 0 unspecified atom stereocenters. The predicted octanol–water partition coefficient (Wildman–Crippen LogP) is 3.18. The minimum atomic E-state index is -2.64. The lowest BCUT2D eigenvalue weighted by molar-refractivity contribution is -0.0317. The van der Waals surface area contributed by atoms with Gasteiger partial charge < -0.3 is 10.8 Å². The number of aromatic nitrogens is 2. The second-order valence-corrected chi connectivity index (χ2v) is 5.90. The number of hydrogen-bond donors (Lipinski definition) is 2. The molecular formula is C17H17F2N4O. The Morgan fingerprint density at radius 2 is 2.00 bits per heavy atom. The smallest absolute Gasteiger partial charge is 0.248 e. The Morgan fingerprint density at radius 1 is 1.29 bits per heavy atom. The van der Waals surface area contributed by atoms with Crippen LogP contribution in [0.1, 0.15) is 36.8 Å². The first-order chi connectivity index (χ1) is 11.4. The maximum Gasteiger partial charge on any atom is 0.248 e. The number of alkyl halides is 2. The van der Waals surface area contributed by atoms with Crippen molar-refractivity contribution in [3.63, 3.8) is 0 Å². The molecule has 1 fully saturated rings. The van der Waals surface area contributed by atoms with Gasteiger partial charge in [-0.3, -0.25) is 0 Å². The highest BCUT2D eigenvalue weighted by molar-refractivity contribution is 5.72. The van der Waals surface area contributed by atoms with Crippen molar-refractivity contribution in [2.24, 2.45) is 5.73 Å². The Balaban J connectivity index is 1.92. The first-order valence-electron chi connectivity index (χ1n) is 7.68. The topological polar surface area (TPSA) is 87.9 Å². The number of benzene rings is 1. The summed E-state index contributed by atoms with van der Waals surface area (Å²) in [7, 11) is 0. The summed E-state index contributed by atoms with van der Waals surface area (Å²) < 4.78 is 27.9. The van der Waals surface area contributed by atoms with Gasteiger partial charge in [-0.05, 0) is 36.1 Å². The lowest BCUT2D eigenvalue weighted by atomic mass is 9.92. The van der Waals surface area contributed by atoms with Crippen LogP contribution in [0.4, 0.5) is 8.78 Å². The molecule has 1 aromatic heterocycles. The first-order valence-corrected chi connectivity index (χ1v) is 7.68. The fourth-order valence-corrected chi connectivity index (χ4v) is 2.97. The number of halogens is 2. The van der Waals surface area contributed by atoms with Gasteiger partial charge in [-0.15, -0.1) is 0 Å². The molecule has 0 bridgehead atoms. The van der Waals surface area contributed by atoms with Crippen molar-refractivity contribution >= 4 is 0 Å². The van der Waals surface area contributed by atoms with E-state index in [1.807, 2.05) is 6.07 Å². The van der Waals surface area contributed by atoms with Gasteiger partial charge in [0, 0.05) is 19.4 Å². The summed E-state index contributed by atoms with van der Waals surface area (Å²) in [5, 5.41) is 23.6. The van der Waals surface area contributed by atoms with Gasteiger partial charge in [0.2, 0.25) is 11.8 Å². The van der Waals surface area contributed by atoms with Crippen molar-refractivity contribution in [3.05, 3.63) is 41.6 Å². The average molecular weight is 331 g/mol. The van der Waals surface area contributed by atoms with Gasteiger partial charge in [-0.25, -0.2) is 13.5 Å². The zero-order chi connectivity index (χ0) is 17.3. The zero-order valence-corrected chi connectivity index (χ0v) is 13.0. The van der Waals surface area contributed by atoms with Crippen molar-refractivity contribution < 1.29 is 13.9 Å². The van der Waals surface area contributed by atoms with E-state index in [0.29, 0.717) is 28.3 Å². The van der Waals surface area contributed by atoms with E-state index in [2.05, 4.69) is 5.10 Å². The highest BCUT2D eigenvalue weighted by Gasteiger charge is 2.37. The number of nitrogens with zero attached hydrogens (tertiary/aromatic N) is 3. The van der Waals surface area contributed by atoms with Crippen LogP contribution in [0.2, 0.25) is 0 Å². The van der Waals surface area contributed by atoms with Crippen molar-refractivity contribution in [2.45, 2.75) is 38.2 Å². The second-order valence-electron chi connectivity index (χ2n) is 5.90. The molecular weight excluding hydrogens is 314 g/mol. The maximum atomic E-state index is 13.3. The minimum absolute atomic E-state index is 0.0883. The summed E-state index contributed by atoms with van der Waals surface area (Å²) in [6.45, 7) is 0.207. The fraction of sp³-hybridized carbons (Fsp3) is 0.353. The van der Waals surface area contributed by atoms with E-state index in [-0.39, 0.29) is 38.1 Å². The van der Waals surface area contributed by atoms with Crippen LogP contribution in [0.25, 0.3) is 11.1 Å². The maximum absolute atomic E-state index is 13.3. The van der Waals surface area contributed by atoms with Crippen LogP contribution in [0.3, 0.4) is 0 Å². The molecule has 3 rings (SSSR count). The fourth-order valence-electron chi connectivity index (χ4n) is 2.97. The molecule has 1 aromatic carbocycles. The Labute approximate surface area is 138 Å². The van der Waals surface area contributed by atoms with E-state index in [1.54, 1.807) is 18.2 Å². The predicted molar refractivity (Wildman–Crippen MR) is 84.0 cm³/mol. The van der Waals surface area contributed by atoms with Gasteiger partial charge in [-0.1, -0.05) is 6.07 Å². The van der Waals surface area contributed by atoms with E-state index < -0.39 is 5.92 Å². The highest BCUT2D eigenvalue weighted by Crippen LogP contribution is 2.41. The van der Waals surface area contributed by atoms with Crippen LogP contribution in [0.5, 0.6) is 5.88 Å². The lowest BCUT2D eigenvalue weighted by Crippen LogP contribution is -2.27. The molecule has 0 amide bonds. The number of rotatable bonds is 3. The van der Waals surface area contributed by atoms with Crippen molar-refractivity contribution in [1.82, 2.24) is 9.78 Å². The molecule has 1 aliphatic carbocycles. The summed E-state index contributed by atoms with van der Waals surface area (Å²) in [6, 6.07) is 7.73. The van der Waals surface area contributed by atoms with E-state index >= 15 is 0 Å². The van der Waals surface area contributed by atoms with Crippen molar-refractivity contribution in [2.75, 3.05) is 0 Å². The van der Waals surface area contributed by atoms with Gasteiger partial charge in [0.05, 0.1) is 29.4 Å². The van der Waals surface area contributed by atoms with Crippen LogP contribution in [-0.4, -0.2) is 20.8 Å². The highest BCUT2D eigenvalue weighted by atomic mass is 19.3. The third-order valence-corrected chi connectivity index (χ3v) is 4.35. The Hall–Kier alpha value is -2.46. The van der Waals surface area contributed by atoms with Crippen LogP contribution >= 0.6 is 0 Å². The minimum Gasteiger partial charge on any atom is -0.493 e. The third kappa shape index (κ3) is 2.97. The van der Waals surface area contributed by atoms with Crippen molar-refractivity contribution in [1.29, 1.82) is 5.26 Å². The number of nitrogens with two attached hydrogens (primary N) is 1. The molecule has 2 aromatic rings. The molecule has 0 spiro atoms. The third-order valence-electron chi connectivity index (χ3n) is 4.35. The first kappa shape index (κ1) is 16.4. The van der Waals surface area contributed by atoms with Crippen LogP contribution in [-0.2, 0) is 6.54 Å². The van der Waals surface area contributed by atoms with Crippen LogP contribution in [0.15, 0.2) is 24.4 Å². The van der Waals surface area contributed by atoms with E-state index in [1.165, 1.54) is 10.9 Å². The summed E-state index contributed by atoms with van der Waals surface area (Å²) >= 11 is 0. The van der Waals surface area contributed by atoms with Gasteiger partial charge in [0.15, 0.2) is 0 Å². The van der Waals surface area contributed by atoms with Crippen molar-refractivity contribution in [3.8, 4) is 23.1 Å². The molecule has 1 radical (unpaired) electrons. The molecule has 7 heteroatoms. The number of nitriles is 1. The monoisotopic (exact) mass is 331 g/mol. The van der Waals surface area contributed by atoms with Crippen LogP contribution in [0, 0.1) is 17.4 Å². The van der Waals surface area contributed by atoms with Gasteiger partial charge in [0.25, 0.3) is 0 Å².